The smallest absolute Gasteiger partial charge is 0.0794 e. The Balaban J connectivity index is 1.83. The molecule has 1 fully saturated rings. The van der Waals surface area contributed by atoms with Crippen LogP contribution < -0.4 is 0 Å². The molecule has 0 aliphatic carbocycles. The number of hydrogen-bond donors (Lipinski definition) is 0. The second-order valence-electron chi connectivity index (χ2n) is 2.38. The average Bonchev–Trinajstić information content (AvgIpc) is 2.58. The number of rotatable bonds is 1. The van der Waals surface area contributed by atoms with E-state index in [1.54, 1.807) is 0 Å². The van der Waals surface area contributed by atoms with Crippen LogP contribution in [0.2, 0.25) is 0 Å². The molecule has 11 heavy (non-hydrogen) atoms. The molecule has 0 nitrogen and oxygen atoms in total. The van der Waals surface area contributed by atoms with Crippen molar-refractivity contribution in [3.8, 4) is 0 Å². The van der Waals surface area contributed by atoms with E-state index in [1.807, 2.05) is 23.5 Å². The van der Waals surface area contributed by atoms with Gasteiger partial charge in [0.15, 0.2) is 0 Å². The summed E-state index contributed by atoms with van der Waals surface area (Å²) >= 11 is 8.26. The van der Waals surface area contributed by atoms with Crippen molar-refractivity contribution in [1.82, 2.24) is 0 Å². The van der Waals surface area contributed by atoms with E-state index in [0.717, 1.165) is 9.16 Å². The second-order valence-corrected chi connectivity index (χ2v) is 7.58. The lowest BCUT2D eigenvalue weighted by Crippen LogP contribution is -2.15. The Morgan fingerprint density at radius 2 is 1.55 bits per heavy atom. The van der Waals surface area contributed by atoms with Crippen LogP contribution in [0.25, 0.3) is 0 Å². The van der Waals surface area contributed by atoms with Gasteiger partial charge in [-0.2, -0.15) is 0 Å². The zero-order chi connectivity index (χ0) is 7.52. The number of thioether (sulfide) groups is 4. The van der Waals surface area contributed by atoms with Crippen molar-refractivity contribution in [3.63, 3.8) is 0 Å². The van der Waals surface area contributed by atoms with Gasteiger partial charge in [0.2, 0.25) is 0 Å². The predicted octanol–water partition coefficient (Wildman–Crippen LogP) is 3.46. The Hall–Kier alpha value is 1.14. The van der Waals surface area contributed by atoms with Crippen molar-refractivity contribution in [2.24, 2.45) is 0 Å². The molecule has 0 amide bonds. The van der Waals surface area contributed by atoms with E-state index in [2.05, 4.69) is 34.3 Å². The molecule has 0 saturated carbocycles. The van der Waals surface area contributed by atoms with E-state index in [9.17, 15) is 0 Å². The van der Waals surface area contributed by atoms with Gasteiger partial charge in [0.05, 0.1) is 9.16 Å². The van der Waals surface area contributed by atoms with E-state index < -0.39 is 0 Å². The van der Waals surface area contributed by atoms with Gasteiger partial charge in [-0.25, -0.2) is 0 Å². The fourth-order valence-electron chi connectivity index (χ4n) is 1.04. The van der Waals surface area contributed by atoms with Gasteiger partial charge in [-0.1, -0.05) is 0 Å². The highest BCUT2D eigenvalue weighted by Gasteiger charge is 2.26. The minimum Gasteiger partial charge on any atom is -0.146 e. The predicted molar refractivity (Wildman–Crippen MR) is 61.4 cm³/mol. The third-order valence-electron chi connectivity index (χ3n) is 1.56. The zero-order valence-electron chi connectivity index (χ0n) is 6.06. The van der Waals surface area contributed by atoms with Gasteiger partial charge in [0.1, 0.15) is 0 Å². The largest absolute Gasteiger partial charge is 0.146 e. The van der Waals surface area contributed by atoms with Crippen LogP contribution in [0.5, 0.6) is 0 Å². The summed E-state index contributed by atoms with van der Waals surface area (Å²) < 4.78 is 1.64. The maximum absolute atomic E-state index is 2.23. The third-order valence-corrected chi connectivity index (χ3v) is 7.82. The van der Waals surface area contributed by atoms with Gasteiger partial charge in [-0.05, 0) is 28.7 Å². The Kier molecular flexibility index (Phi) is 3.49. The normalized spacial score (nSPS) is 28.0. The molecule has 0 unspecified atom stereocenters. The molecule has 0 aromatic carbocycles. The molecule has 0 aromatic rings. The summed E-state index contributed by atoms with van der Waals surface area (Å²) in [6.07, 6.45) is 1.40. The fourth-order valence-corrected chi connectivity index (χ4v) is 7.02. The summed E-state index contributed by atoms with van der Waals surface area (Å²) in [6, 6.07) is 0. The quantitative estimate of drug-likeness (QED) is 0.666. The monoisotopic (exact) mass is 222 g/mol. The van der Waals surface area contributed by atoms with Crippen LogP contribution in [0, 0.1) is 0 Å². The van der Waals surface area contributed by atoms with Gasteiger partial charge >= 0.3 is 0 Å². The van der Waals surface area contributed by atoms with Crippen LogP contribution >= 0.6 is 47.0 Å². The first kappa shape index (κ1) is 8.73. The molecule has 0 bridgehead atoms. The Bertz CT molecular complexity index is 143. The van der Waals surface area contributed by atoms with E-state index in [0.29, 0.717) is 0 Å². The number of hydrogen-bond acceptors (Lipinski definition) is 4. The average molecular weight is 222 g/mol. The molecule has 4 heteroatoms. The standard InChI is InChI=1S/C7H10S4/c1-2-8-6(9-3-1)7-10-4-5-11-7/h4-7H,1-3H2. The van der Waals surface area contributed by atoms with Crippen molar-refractivity contribution in [2.75, 3.05) is 11.5 Å². The molecule has 2 rings (SSSR count). The van der Waals surface area contributed by atoms with Crippen molar-refractivity contribution in [2.45, 2.75) is 15.6 Å². The van der Waals surface area contributed by atoms with Crippen molar-refractivity contribution in [3.05, 3.63) is 10.8 Å². The van der Waals surface area contributed by atoms with Crippen molar-refractivity contribution in [1.29, 1.82) is 0 Å². The minimum atomic E-state index is 0.797. The zero-order valence-corrected chi connectivity index (χ0v) is 9.33. The van der Waals surface area contributed by atoms with Crippen LogP contribution in [-0.4, -0.2) is 20.7 Å². The summed E-state index contributed by atoms with van der Waals surface area (Å²) in [5, 5.41) is 4.45. The van der Waals surface area contributed by atoms with Crippen LogP contribution in [0.3, 0.4) is 0 Å². The van der Waals surface area contributed by atoms with Gasteiger partial charge in [0.25, 0.3) is 0 Å². The maximum atomic E-state index is 2.23. The molecular weight excluding hydrogens is 212 g/mol. The molecule has 2 aliphatic rings. The summed E-state index contributed by atoms with van der Waals surface area (Å²) in [5.74, 6) is 2.74. The third kappa shape index (κ3) is 2.29. The Morgan fingerprint density at radius 3 is 2.18 bits per heavy atom. The summed E-state index contributed by atoms with van der Waals surface area (Å²) in [4.78, 5) is 0. The highest BCUT2D eigenvalue weighted by molar-refractivity contribution is 8.26. The summed E-state index contributed by atoms with van der Waals surface area (Å²) in [6.45, 7) is 0. The second kappa shape index (κ2) is 4.40. The van der Waals surface area contributed by atoms with E-state index >= 15 is 0 Å². The van der Waals surface area contributed by atoms with Gasteiger partial charge < -0.3 is 0 Å². The molecular formula is C7H10S4. The molecule has 62 valence electrons. The van der Waals surface area contributed by atoms with Crippen LogP contribution in [0.1, 0.15) is 6.42 Å². The van der Waals surface area contributed by atoms with E-state index in [-0.39, 0.29) is 0 Å². The molecule has 2 aliphatic heterocycles. The maximum Gasteiger partial charge on any atom is 0.0794 e. The molecule has 1 saturated heterocycles. The SMILES string of the molecule is C1=CSC(C2SCCCS2)S1. The molecule has 0 N–H and O–H groups in total. The summed E-state index contributed by atoms with van der Waals surface area (Å²) in [5.41, 5.74) is 0. The lowest BCUT2D eigenvalue weighted by Gasteiger charge is -2.24. The van der Waals surface area contributed by atoms with Crippen LogP contribution in [-0.2, 0) is 0 Å². The van der Waals surface area contributed by atoms with Gasteiger partial charge in [-0.15, -0.1) is 47.0 Å². The summed E-state index contributed by atoms with van der Waals surface area (Å²) in [7, 11) is 0. The van der Waals surface area contributed by atoms with Crippen LogP contribution in [0.15, 0.2) is 10.8 Å². The highest BCUT2D eigenvalue weighted by Crippen LogP contribution is 2.46. The lowest BCUT2D eigenvalue weighted by atomic mass is 10.6. The van der Waals surface area contributed by atoms with E-state index in [4.69, 9.17) is 0 Å². The molecule has 0 atom stereocenters. The van der Waals surface area contributed by atoms with Crippen LogP contribution in [0.4, 0.5) is 0 Å². The fraction of sp³-hybridized carbons (Fsp3) is 0.714. The van der Waals surface area contributed by atoms with Crippen molar-refractivity contribution < 1.29 is 0 Å². The lowest BCUT2D eigenvalue weighted by molar-refractivity contribution is 1.10. The molecule has 2 heterocycles. The first-order chi connectivity index (χ1) is 5.47. The Morgan fingerprint density at radius 1 is 0.909 bits per heavy atom. The first-order valence-electron chi connectivity index (χ1n) is 3.66. The van der Waals surface area contributed by atoms with Crippen molar-refractivity contribution >= 4 is 47.0 Å². The minimum absolute atomic E-state index is 0.797. The van der Waals surface area contributed by atoms with Gasteiger partial charge in [-0.3, -0.25) is 0 Å². The Labute approximate surface area is 84.7 Å². The molecule has 0 aromatic heterocycles. The first-order valence-corrected chi connectivity index (χ1v) is 7.64. The van der Waals surface area contributed by atoms with E-state index in [1.165, 1.54) is 17.9 Å². The molecule has 0 radical (unpaired) electrons. The topological polar surface area (TPSA) is 0 Å². The van der Waals surface area contributed by atoms with Gasteiger partial charge in [0, 0.05) is 0 Å². The highest BCUT2D eigenvalue weighted by atomic mass is 32.2. The molecule has 0 spiro atoms.